The van der Waals surface area contributed by atoms with E-state index in [0.717, 1.165) is 27.2 Å². The van der Waals surface area contributed by atoms with Gasteiger partial charge in [0, 0.05) is 11.1 Å². The summed E-state index contributed by atoms with van der Waals surface area (Å²) >= 11 is 0. The molecule has 1 amide bonds. The van der Waals surface area contributed by atoms with Crippen LogP contribution < -0.4 is 5.32 Å². The zero-order valence-electron chi connectivity index (χ0n) is 12.9. The van der Waals surface area contributed by atoms with Crippen molar-refractivity contribution < 1.29 is 9.90 Å². The Hall–Kier alpha value is -3.33. The van der Waals surface area contributed by atoms with Crippen LogP contribution in [0.25, 0.3) is 21.5 Å². The molecule has 0 fully saturated rings. The summed E-state index contributed by atoms with van der Waals surface area (Å²) in [6.45, 7) is 0. The van der Waals surface area contributed by atoms with Crippen molar-refractivity contribution in [3.63, 3.8) is 0 Å². The number of anilines is 1. The molecule has 0 aliphatic carbocycles. The van der Waals surface area contributed by atoms with Crippen LogP contribution in [-0.4, -0.2) is 11.0 Å². The van der Waals surface area contributed by atoms with Gasteiger partial charge in [0.2, 0.25) is 0 Å². The number of phenolic OH excluding ortho intramolecular Hbond substituents is 1. The number of carbonyl (C=O) groups excluding carboxylic acids is 1. The summed E-state index contributed by atoms with van der Waals surface area (Å²) in [5.41, 5.74) is 1.02. The van der Waals surface area contributed by atoms with E-state index in [9.17, 15) is 9.90 Å². The quantitative estimate of drug-likeness (QED) is 0.550. The average Bonchev–Trinajstić information content (AvgIpc) is 2.62. The van der Waals surface area contributed by atoms with Gasteiger partial charge in [-0.05, 0) is 28.3 Å². The van der Waals surface area contributed by atoms with E-state index >= 15 is 0 Å². The van der Waals surface area contributed by atoms with Crippen molar-refractivity contribution in [3.05, 3.63) is 84.4 Å². The molecule has 2 N–H and O–H groups in total. The Morgan fingerprint density at radius 1 is 0.708 bits per heavy atom. The Bertz CT molecular complexity index is 1060. The molecule has 4 rings (SSSR count). The van der Waals surface area contributed by atoms with Crippen LogP contribution in [0.15, 0.2) is 78.9 Å². The van der Waals surface area contributed by atoms with Crippen molar-refractivity contribution in [2.24, 2.45) is 0 Å². The van der Waals surface area contributed by atoms with Gasteiger partial charge in [-0.1, -0.05) is 66.7 Å². The third-order valence-electron chi connectivity index (χ3n) is 4.17. The molecule has 0 aliphatic heterocycles. The number of carbonyl (C=O) groups is 1. The van der Waals surface area contributed by atoms with Crippen LogP contribution in [0, 0.1) is 0 Å². The van der Waals surface area contributed by atoms with E-state index in [1.807, 2.05) is 66.7 Å². The minimum atomic E-state index is -0.319. The fourth-order valence-corrected chi connectivity index (χ4v) is 3.02. The molecule has 3 heteroatoms. The number of aromatic hydroxyl groups is 1. The number of phenols is 1. The first-order valence-corrected chi connectivity index (χ1v) is 7.74. The molecule has 0 aliphatic rings. The van der Waals surface area contributed by atoms with Gasteiger partial charge < -0.3 is 10.4 Å². The van der Waals surface area contributed by atoms with Crippen molar-refractivity contribution >= 4 is 33.1 Å². The topological polar surface area (TPSA) is 49.3 Å². The number of nitrogens with one attached hydrogen (secondary N) is 1. The Balaban J connectivity index is 1.81. The fourth-order valence-electron chi connectivity index (χ4n) is 3.02. The summed E-state index contributed by atoms with van der Waals surface area (Å²) in [4.78, 5) is 12.8. The Kier molecular flexibility index (Phi) is 3.39. The van der Waals surface area contributed by atoms with Gasteiger partial charge in [-0.25, -0.2) is 0 Å². The molecule has 3 nitrogen and oxygen atoms in total. The van der Waals surface area contributed by atoms with Crippen LogP contribution in [-0.2, 0) is 0 Å². The first-order chi connectivity index (χ1) is 11.7. The predicted molar refractivity (Wildman–Crippen MR) is 97.5 cm³/mol. The third-order valence-corrected chi connectivity index (χ3v) is 4.17. The maximum atomic E-state index is 12.8. The van der Waals surface area contributed by atoms with Crippen LogP contribution in [0.2, 0.25) is 0 Å². The van der Waals surface area contributed by atoms with E-state index in [4.69, 9.17) is 0 Å². The highest BCUT2D eigenvalue weighted by molar-refractivity contribution is 6.16. The van der Waals surface area contributed by atoms with Crippen LogP contribution in [0.3, 0.4) is 0 Å². The maximum Gasteiger partial charge on any atom is 0.260 e. The monoisotopic (exact) mass is 313 g/mol. The third kappa shape index (κ3) is 2.36. The van der Waals surface area contributed by atoms with Gasteiger partial charge in [-0.15, -0.1) is 0 Å². The minimum absolute atomic E-state index is 0.0218. The number of hydrogen-bond donors (Lipinski definition) is 2. The lowest BCUT2D eigenvalue weighted by molar-refractivity contribution is 0.102. The van der Waals surface area contributed by atoms with E-state index in [2.05, 4.69) is 5.32 Å². The molecule has 0 radical (unpaired) electrons. The van der Waals surface area contributed by atoms with E-state index in [1.165, 1.54) is 0 Å². The minimum Gasteiger partial charge on any atom is -0.507 e. The molecule has 0 aromatic heterocycles. The molecule has 0 atom stereocenters. The smallest absolute Gasteiger partial charge is 0.260 e. The second kappa shape index (κ2) is 5.70. The van der Waals surface area contributed by atoms with Crippen molar-refractivity contribution in [3.8, 4) is 5.75 Å². The lowest BCUT2D eigenvalue weighted by Gasteiger charge is -2.12. The molecule has 116 valence electrons. The van der Waals surface area contributed by atoms with Crippen molar-refractivity contribution in [1.29, 1.82) is 0 Å². The molecular weight excluding hydrogens is 298 g/mol. The highest BCUT2D eigenvalue weighted by Crippen LogP contribution is 2.29. The molecule has 0 bridgehead atoms. The molecule has 4 aromatic rings. The second-order valence-electron chi connectivity index (χ2n) is 5.66. The predicted octanol–water partition coefficient (Wildman–Crippen LogP) is 4.95. The van der Waals surface area contributed by atoms with Gasteiger partial charge >= 0.3 is 0 Å². The summed E-state index contributed by atoms with van der Waals surface area (Å²) in [6, 6.07) is 24.5. The van der Waals surface area contributed by atoms with Crippen molar-refractivity contribution in [2.75, 3.05) is 5.32 Å². The Labute approximate surface area is 139 Å². The first-order valence-electron chi connectivity index (χ1n) is 7.74. The molecule has 0 unspecified atom stereocenters. The van der Waals surface area contributed by atoms with Crippen LogP contribution >= 0.6 is 0 Å². The normalized spacial score (nSPS) is 10.8. The number of benzene rings is 4. The number of fused-ring (bicyclic) bond motifs is 2. The lowest BCUT2D eigenvalue weighted by Crippen LogP contribution is -2.13. The Morgan fingerprint density at radius 3 is 2.12 bits per heavy atom. The first kappa shape index (κ1) is 14.3. The van der Waals surface area contributed by atoms with Gasteiger partial charge in [0.25, 0.3) is 5.91 Å². The van der Waals surface area contributed by atoms with Crippen molar-refractivity contribution in [2.45, 2.75) is 0 Å². The van der Waals surface area contributed by atoms with Crippen LogP contribution in [0.1, 0.15) is 10.4 Å². The number of amides is 1. The number of hydrogen-bond acceptors (Lipinski definition) is 2. The molecule has 0 saturated carbocycles. The highest BCUT2D eigenvalue weighted by atomic mass is 16.3. The van der Waals surface area contributed by atoms with Gasteiger partial charge in [-0.3, -0.25) is 4.79 Å². The van der Waals surface area contributed by atoms with Gasteiger partial charge in [0.05, 0.1) is 5.56 Å². The lowest BCUT2D eigenvalue weighted by atomic mass is 10.0. The SMILES string of the molecule is O=C(Nc1cccc2ccccc12)c1c(O)ccc2ccccc12. The molecule has 24 heavy (non-hydrogen) atoms. The van der Waals surface area contributed by atoms with Crippen molar-refractivity contribution in [1.82, 2.24) is 0 Å². The van der Waals surface area contributed by atoms with Gasteiger partial charge in [-0.2, -0.15) is 0 Å². The fraction of sp³-hybridized carbons (Fsp3) is 0. The van der Waals surface area contributed by atoms with E-state index in [-0.39, 0.29) is 11.7 Å². The number of rotatable bonds is 2. The molecule has 0 saturated heterocycles. The zero-order valence-corrected chi connectivity index (χ0v) is 12.9. The molecule has 0 heterocycles. The summed E-state index contributed by atoms with van der Waals surface area (Å²) in [6.07, 6.45) is 0. The summed E-state index contributed by atoms with van der Waals surface area (Å²) in [7, 11) is 0. The molecular formula is C21H15NO2. The van der Waals surface area contributed by atoms with Crippen LogP contribution in [0.5, 0.6) is 5.75 Å². The average molecular weight is 313 g/mol. The van der Waals surface area contributed by atoms with Gasteiger partial charge in [0.1, 0.15) is 5.75 Å². The summed E-state index contributed by atoms with van der Waals surface area (Å²) in [5, 5.41) is 16.8. The summed E-state index contributed by atoms with van der Waals surface area (Å²) in [5.74, 6) is -0.341. The maximum absolute atomic E-state index is 12.8. The molecule has 4 aromatic carbocycles. The molecule has 0 spiro atoms. The van der Waals surface area contributed by atoms with Gasteiger partial charge in [0.15, 0.2) is 0 Å². The second-order valence-corrected chi connectivity index (χ2v) is 5.66. The van der Waals surface area contributed by atoms with E-state index in [0.29, 0.717) is 5.56 Å². The summed E-state index contributed by atoms with van der Waals surface area (Å²) < 4.78 is 0. The largest absolute Gasteiger partial charge is 0.507 e. The highest BCUT2D eigenvalue weighted by Gasteiger charge is 2.16. The Morgan fingerprint density at radius 2 is 1.33 bits per heavy atom. The zero-order chi connectivity index (χ0) is 16.5. The standard InChI is InChI=1S/C21H15NO2/c23-19-13-12-15-7-2-4-10-17(15)20(19)21(24)22-18-11-5-8-14-6-1-3-9-16(14)18/h1-13,23H,(H,22,24). The van der Waals surface area contributed by atoms with Crippen LogP contribution in [0.4, 0.5) is 5.69 Å². The van der Waals surface area contributed by atoms with E-state index < -0.39 is 0 Å². The van der Waals surface area contributed by atoms with E-state index in [1.54, 1.807) is 12.1 Å².